The van der Waals surface area contributed by atoms with Crippen LogP contribution in [0, 0.1) is 12.8 Å². The zero-order valence-electron chi connectivity index (χ0n) is 15.1. The number of rotatable bonds is 5. The highest BCUT2D eigenvalue weighted by molar-refractivity contribution is 6.06. The summed E-state index contributed by atoms with van der Waals surface area (Å²) in [5.41, 5.74) is 1.83. The van der Waals surface area contributed by atoms with E-state index in [0.717, 1.165) is 5.56 Å². The summed E-state index contributed by atoms with van der Waals surface area (Å²) in [4.78, 5) is 37.9. The third kappa shape index (κ3) is 3.76. The summed E-state index contributed by atoms with van der Waals surface area (Å²) < 4.78 is 5.33. The number of carboxylic acids is 1. The number of carbonyl (C=O) groups is 3. The Hall–Kier alpha value is -3.35. The fourth-order valence-electron chi connectivity index (χ4n) is 3.14. The molecular formula is C20H20N2O5. The van der Waals surface area contributed by atoms with Crippen LogP contribution in [0.5, 0.6) is 5.75 Å². The lowest BCUT2D eigenvalue weighted by molar-refractivity contribution is -0.122. The highest BCUT2D eigenvalue weighted by Gasteiger charge is 2.36. The number of hydrogen-bond acceptors (Lipinski definition) is 4. The Kier molecular flexibility index (Phi) is 5.12. The van der Waals surface area contributed by atoms with E-state index in [2.05, 4.69) is 5.32 Å². The SMILES string of the molecule is COc1ccc(C)cc1N1CC(C(=O)Nc2ccccc2C(=O)O)CC1=O. The Morgan fingerprint density at radius 1 is 1.22 bits per heavy atom. The van der Waals surface area contributed by atoms with Gasteiger partial charge in [0.15, 0.2) is 0 Å². The highest BCUT2D eigenvalue weighted by atomic mass is 16.5. The first-order chi connectivity index (χ1) is 12.9. The Morgan fingerprint density at radius 3 is 2.67 bits per heavy atom. The van der Waals surface area contributed by atoms with Gasteiger partial charge in [-0.2, -0.15) is 0 Å². The van der Waals surface area contributed by atoms with Crippen LogP contribution in [0.2, 0.25) is 0 Å². The van der Waals surface area contributed by atoms with Crippen molar-refractivity contribution < 1.29 is 24.2 Å². The van der Waals surface area contributed by atoms with Crippen molar-refractivity contribution in [1.82, 2.24) is 0 Å². The highest BCUT2D eigenvalue weighted by Crippen LogP contribution is 2.34. The van der Waals surface area contributed by atoms with Crippen LogP contribution in [0.4, 0.5) is 11.4 Å². The number of carbonyl (C=O) groups excluding carboxylic acids is 2. The molecule has 0 saturated carbocycles. The van der Waals surface area contributed by atoms with Gasteiger partial charge in [0.1, 0.15) is 5.75 Å². The van der Waals surface area contributed by atoms with Gasteiger partial charge in [-0.05, 0) is 36.8 Å². The Balaban J connectivity index is 1.79. The largest absolute Gasteiger partial charge is 0.495 e. The molecule has 1 aliphatic rings. The van der Waals surface area contributed by atoms with Crippen molar-refractivity contribution >= 4 is 29.2 Å². The van der Waals surface area contributed by atoms with Crippen LogP contribution in [0.25, 0.3) is 0 Å². The van der Waals surface area contributed by atoms with Gasteiger partial charge in [-0.1, -0.05) is 18.2 Å². The fourth-order valence-corrected chi connectivity index (χ4v) is 3.14. The third-order valence-corrected chi connectivity index (χ3v) is 4.54. The van der Waals surface area contributed by atoms with E-state index in [4.69, 9.17) is 4.74 Å². The molecular weight excluding hydrogens is 348 g/mol. The zero-order valence-corrected chi connectivity index (χ0v) is 15.1. The Morgan fingerprint density at radius 2 is 1.96 bits per heavy atom. The van der Waals surface area contributed by atoms with E-state index in [0.29, 0.717) is 11.4 Å². The van der Waals surface area contributed by atoms with E-state index in [1.165, 1.54) is 19.2 Å². The molecule has 1 heterocycles. The van der Waals surface area contributed by atoms with Gasteiger partial charge in [-0.15, -0.1) is 0 Å². The summed E-state index contributed by atoms with van der Waals surface area (Å²) in [6.45, 7) is 2.12. The number of nitrogens with one attached hydrogen (secondary N) is 1. The molecule has 7 nitrogen and oxygen atoms in total. The normalized spacial score (nSPS) is 16.3. The second kappa shape index (κ2) is 7.49. The zero-order chi connectivity index (χ0) is 19.6. The van der Waals surface area contributed by atoms with Gasteiger partial charge in [-0.3, -0.25) is 9.59 Å². The van der Waals surface area contributed by atoms with Crippen molar-refractivity contribution in [2.45, 2.75) is 13.3 Å². The molecule has 1 aliphatic heterocycles. The van der Waals surface area contributed by atoms with Gasteiger partial charge >= 0.3 is 5.97 Å². The van der Waals surface area contributed by atoms with Gasteiger partial charge in [0, 0.05) is 13.0 Å². The molecule has 1 atom stereocenters. The monoisotopic (exact) mass is 368 g/mol. The number of carboxylic acid groups (broad SMARTS) is 1. The average Bonchev–Trinajstić information content (AvgIpc) is 3.03. The maximum atomic E-state index is 12.6. The molecule has 2 aromatic rings. The summed E-state index contributed by atoms with van der Waals surface area (Å²) in [5, 5.41) is 11.9. The van der Waals surface area contributed by atoms with Crippen LogP contribution < -0.4 is 15.0 Å². The number of nitrogens with zero attached hydrogens (tertiary/aromatic N) is 1. The number of hydrogen-bond donors (Lipinski definition) is 2. The van der Waals surface area contributed by atoms with Gasteiger partial charge < -0.3 is 20.1 Å². The molecule has 1 unspecified atom stereocenters. The van der Waals surface area contributed by atoms with Crippen molar-refractivity contribution in [2.24, 2.45) is 5.92 Å². The molecule has 2 aromatic carbocycles. The molecule has 7 heteroatoms. The maximum Gasteiger partial charge on any atom is 0.337 e. The summed E-state index contributed by atoms with van der Waals surface area (Å²) in [6.07, 6.45) is 0.0537. The van der Waals surface area contributed by atoms with Crippen LogP contribution in [0.1, 0.15) is 22.3 Å². The molecule has 1 fully saturated rings. The van der Waals surface area contributed by atoms with E-state index in [-0.39, 0.29) is 36.0 Å². The first-order valence-electron chi connectivity index (χ1n) is 8.49. The first kappa shape index (κ1) is 18.4. The molecule has 0 aliphatic carbocycles. The molecule has 0 aromatic heterocycles. The van der Waals surface area contributed by atoms with E-state index >= 15 is 0 Å². The molecule has 140 valence electrons. The molecule has 0 bridgehead atoms. The lowest BCUT2D eigenvalue weighted by Gasteiger charge is -2.20. The topological polar surface area (TPSA) is 95.9 Å². The van der Waals surface area contributed by atoms with Crippen molar-refractivity contribution in [3.05, 3.63) is 53.6 Å². The number of amides is 2. The minimum absolute atomic E-state index is 0.00684. The third-order valence-electron chi connectivity index (χ3n) is 4.54. The van der Waals surface area contributed by atoms with Crippen LogP contribution in [-0.2, 0) is 9.59 Å². The quantitative estimate of drug-likeness (QED) is 0.846. The van der Waals surface area contributed by atoms with Crippen LogP contribution in [0.15, 0.2) is 42.5 Å². The minimum Gasteiger partial charge on any atom is -0.495 e. The molecule has 0 radical (unpaired) electrons. The second-order valence-corrected chi connectivity index (χ2v) is 6.42. The Labute approximate surface area is 156 Å². The molecule has 27 heavy (non-hydrogen) atoms. The van der Waals surface area contributed by atoms with E-state index in [1.54, 1.807) is 23.1 Å². The Bertz CT molecular complexity index is 909. The minimum atomic E-state index is -1.13. The van der Waals surface area contributed by atoms with Crippen LogP contribution in [-0.4, -0.2) is 36.5 Å². The van der Waals surface area contributed by atoms with Crippen molar-refractivity contribution in [1.29, 1.82) is 0 Å². The molecule has 1 saturated heterocycles. The van der Waals surface area contributed by atoms with Crippen molar-refractivity contribution in [2.75, 3.05) is 23.9 Å². The lowest BCUT2D eigenvalue weighted by atomic mass is 10.1. The number of aryl methyl sites for hydroxylation is 1. The number of benzene rings is 2. The number of ether oxygens (including phenoxy) is 1. The molecule has 3 rings (SSSR count). The maximum absolute atomic E-state index is 12.6. The number of anilines is 2. The van der Waals surface area contributed by atoms with Crippen molar-refractivity contribution in [3.63, 3.8) is 0 Å². The summed E-state index contributed by atoms with van der Waals surface area (Å²) in [6, 6.07) is 11.7. The van der Waals surface area contributed by atoms with E-state index in [1.807, 2.05) is 19.1 Å². The summed E-state index contributed by atoms with van der Waals surface area (Å²) >= 11 is 0. The predicted molar refractivity (Wildman–Crippen MR) is 100 cm³/mol. The van der Waals surface area contributed by atoms with Gasteiger partial charge in [-0.25, -0.2) is 4.79 Å². The van der Waals surface area contributed by atoms with E-state index < -0.39 is 11.9 Å². The standard InChI is InChI=1S/C20H20N2O5/c1-12-7-8-17(27-2)16(9-12)22-11-13(10-18(22)23)19(24)21-15-6-4-3-5-14(15)20(25)26/h3-9,13H,10-11H2,1-2H3,(H,21,24)(H,25,26). The first-order valence-corrected chi connectivity index (χ1v) is 8.49. The van der Waals surface area contributed by atoms with Gasteiger partial charge in [0.2, 0.25) is 11.8 Å². The number of methoxy groups -OCH3 is 1. The van der Waals surface area contributed by atoms with E-state index in [9.17, 15) is 19.5 Å². The fraction of sp³-hybridized carbons (Fsp3) is 0.250. The van der Waals surface area contributed by atoms with Gasteiger partial charge in [0.25, 0.3) is 0 Å². The van der Waals surface area contributed by atoms with Crippen molar-refractivity contribution in [3.8, 4) is 5.75 Å². The lowest BCUT2D eigenvalue weighted by Crippen LogP contribution is -2.28. The average molecular weight is 368 g/mol. The van der Waals surface area contributed by atoms with Crippen LogP contribution in [0.3, 0.4) is 0 Å². The summed E-state index contributed by atoms with van der Waals surface area (Å²) in [7, 11) is 1.53. The number of aromatic carboxylic acids is 1. The predicted octanol–water partition coefficient (Wildman–Crippen LogP) is 2.69. The smallest absolute Gasteiger partial charge is 0.337 e. The molecule has 0 spiro atoms. The second-order valence-electron chi connectivity index (χ2n) is 6.42. The summed E-state index contributed by atoms with van der Waals surface area (Å²) in [5.74, 6) is -1.70. The van der Waals surface area contributed by atoms with Gasteiger partial charge in [0.05, 0.1) is 30.0 Å². The van der Waals surface area contributed by atoms with Crippen LogP contribution >= 0.6 is 0 Å². The molecule has 2 amide bonds. The molecule has 2 N–H and O–H groups in total. The number of para-hydroxylation sites is 1.